The van der Waals surface area contributed by atoms with Gasteiger partial charge in [0.25, 0.3) is 0 Å². The Kier molecular flexibility index (Phi) is 3.50. The molecular weight excluding hydrogens is 262 g/mol. The number of aromatic nitrogens is 1. The zero-order valence-corrected chi connectivity index (χ0v) is 10.5. The molecule has 0 unspecified atom stereocenters. The highest BCUT2D eigenvalue weighted by atomic mass is 35.5. The predicted molar refractivity (Wildman–Crippen MR) is 69.2 cm³/mol. The fourth-order valence-corrected chi connectivity index (χ4v) is 2.04. The maximum absolute atomic E-state index is 13.6. The Hall–Kier alpha value is -1.32. The van der Waals surface area contributed by atoms with E-state index in [0.717, 1.165) is 0 Å². The van der Waals surface area contributed by atoms with Gasteiger partial charge in [0.05, 0.1) is 15.7 Å². The van der Waals surface area contributed by atoms with Crippen molar-refractivity contribution in [3.05, 3.63) is 46.2 Å². The summed E-state index contributed by atoms with van der Waals surface area (Å²) >= 11 is 11.9. The van der Waals surface area contributed by atoms with Crippen LogP contribution in [0.3, 0.4) is 0 Å². The van der Waals surface area contributed by atoms with Crippen LogP contribution in [0.2, 0.25) is 10.0 Å². The van der Waals surface area contributed by atoms with Crippen molar-refractivity contribution < 1.29 is 4.39 Å². The standard InChI is InChI=1S/C12H9Cl2FN2/c1-16-12-9(14)6-8(13)11(17-12)7-4-2-3-5-10(7)15/h2-6H,1H3,(H,16,17). The maximum atomic E-state index is 13.6. The van der Waals surface area contributed by atoms with E-state index in [2.05, 4.69) is 10.3 Å². The Morgan fingerprint density at radius 1 is 1.18 bits per heavy atom. The lowest BCUT2D eigenvalue weighted by molar-refractivity contribution is 0.631. The van der Waals surface area contributed by atoms with E-state index in [1.807, 2.05) is 0 Å². The summed E-state index contributed by atoms with van der Waals surface area (Å²) in [4.78, 5) is 4.21. The Bertz CT molecular complexity index is 558. The molecule has 0 saturated heterocycles. The Morgan fingerprint density at radius 3 is 2.53 bits per heavy atom. The van der Waals surface area contributed by atoms with Crippen LogP contribution in [0.15, 0.2) is 30.3 Å². The van der Waals surface area contributed by atoms with Gasteiger partial charge in [0.15, 0.2) is 0 Å². The van der Waals surface area contributed by atoms with Crippen molar-refractivity contribution in [1.82, 2.24) is 4.98 Å². The van der Waals surface area contributed by atoms with Crippen LogP contribution in [0.1, 0.15) is 0 Å². The van der Waals surface area contributed by atoms with E-state index in [1.165, 1.54) is 6.07 Å². The minimum atomic E-state index is -0.369. The highest BCUT2D eigenvalue weighted by Gasteiger charge is 2.13. The first-order valence-electron chi connectivity index (χ1n) is 4.92. The molecule has 0 fully saturated rings. The van der Waals surface area contributed by atoms with E-state index >= 15 is 0 Å². The van der Waals surface area contributed by atoms with E-state index in [1.54, 1.807) is 31.3 Å². The lowest BCUT2D eigenvalue weighted by Crippen LogP contribution is -1.97. The normalized spacial score (nSPS) is 10.4. The molecule has 1 aromatic heterocycles. The van der Waals surface area contributed by atoms with Crippen molar-refractivity contribution in [2.45, 2.75) is 0 Å². The average molecular weight is 271 g/mol. The molecule has 17 heavy (non-hydrogen) atoms. The molecule has 0 aliphatic rings. The van der Waals surface area contributed by atoms with Gasteiger partial charge in [-0.15, -0.1) is 0 Å². The molecule has 5 heteroatoms. The van der Waals surface area contributed by atoms with Crippen molar-refractivity contribution in [3.63, 3.8) is 0 Å². The largest absolute Gasteiger partial charge is 0.372 e. The lowest BCUT2D eigenvalue weighted by atomic mass is 10.1. The van der Waals surface area contributed by atoms with Crippen LogP contribution in [-0.4, -0.2) is 12.0 Å². The number of hydrogen-bond acceptors (Lipinski definition) is 2. The Balaban J connectivity index is 2.64. The first-order valence-corrected chi connectivity index (χ1v) is 5.67. The predicted octanol–water partition coefficient (Wildman–Crippen LogP) is 4.24. The fourth-order valence-electron chi connectivity index (χ4n) is 1.48. The van der Waals surface area contributed by atoms with E-state index < -0.39 is 0 Å². The number of rotatable bonds is 2. The molecule has 0 spiro atoms. The molecule has 1 heterocycles. The second-order valence-corrected chi connectivity index (χ2v) is 4.19. The van der Waals surface area contributed by atoms with Gasteiger partial charge in [-0.3, -0.25) is 0 Å². The third kappa shape index (κ3) is 2.35. The lowest BCUT2D eigenvalue weighted by Gasteiger charge is -2.09. The second kappa shape index (κ2) is 4.90. The van der Waals surface area contributed by atoms with Gasteiger partial charge in [-0.25, -0.2) is 9.37 Å². The summed E-state index contributed by atoms with van der Waals surface area (Å²) in [5.41, 5.74) is 0.726. The minimum absolute atomic E-state index is 0.319. The van der Waals surface area contributed by atoms with Crippen LogP contribution in [0.25, 0.3) is 11.3 Å². The Morgan fingerprint density at radius 2 is 1.88 bits per heavy atom. The first kappa shape index (κ1) is 12.1. The molecule has 1 aromatic carbocycles. The molecule has 0 bridgehead atoms. The molecule has 0 saturated carbocycles. The number of benzene rings is 1. The summed E-state index contributed by atoms with van der Waals surface area (Å²) in [6, 6.07) is 7.87. The highest BCUT2D eigenvalue weighted by Crippen LogP contribution is 2.33. The van der Waals surface area contributed by atoms with Gasteiger partial charge >= 0.3 is 0 Å². The van der Waals surface area contributed by atoms with Crippen molar-refractivity contribution in [3.8, 4) is 11.3 Å². The van der Waals surface area contributed by atoms with Gasteiger partial charge in [0, 0.05) is 12.6 Å². The molecule has 2 nitrogen and oxygen atoms in total. The molecule has 0 aliphatic carbocycles. The molecule has 0 atom stereocenters. The monoisotopic (exact) mass is 270 g/mol. The van der Waals surface area contributed by atoms with Crippen molar-refractivity contribution in [2.24, 2.45) is 0 Å². The summed E-state index contributed by atoms with van der Waals surface area (Å²) < 4.78 is 13.6. The Labute approximate surface area is 108 Å². The molecule has 0 amide bonds. The van der Waals surface area contributed by atoms with Crippen LogP contribution < -0.4 is 5.32 Å². The summed E-state index contributed by atoms with van der Waals surface area (Å²) in [6.45, 7) is 0. The maximum Gasteiger partial charge on any atom is 0.145 e. The van der Waals surface area contributed by atoms with Crippen LogP contribution in [0.5, 0.6) is 0 Å². The van der Waals surface area contributed by atoms with Crippen molar-refractivity contribution >= 4 is 29.0 Å². The van der Waals surface area contributed by atoms with Crippen LogP contribution in [0, 0.1) is 5.82 Å². The average Bonchev–Trinajstić information content (AvgIpc) is 2.31. The van der Waals surface area contributed by atoms with Crippen LogP contribution in [-0.2, 0) is 0 Å². The highest BCUT2D eigenvalue weighted by molar-refractivity contribution is 6.37. The molecular formula is C12H9Cl2FN2. The van der Waals surface area contributed by atoms with Gasteiger partial charge in [-0.1, -0.05) is 35.3 Å². The fraction of sp³-hybridized carbons (Fsp3) is 0.0833. The first-order chi connectivity index (χ1) is 8.13. The molecule has 0 aliphatic heterocycles. The van der Waals surface area contributed by atoms with E-state index in [0.29, 0.717) is 27.1 Å². The van der Waals surface area contributed by atoms with Crippen LogP contribution in [0.4, 0.5) is 10.2 Å². The molecule has 2 aromatic rings. The number of pyridine rings is 1. The number of halogens is 3. The van der Waals surface area contributed by atoms with Crippen molar-refractivity contribution in [2.75, 3.05) is 12.4 Å². The summed E-state index contributed by atoms with van der Waals surface area (Å²) in [5, 5.41) is 3.55. The topological polar surface area (TPSA) is 24.9 Å². The van der Waals surface area contributed by atoms with E-state index in [9.17, 15) is 4.39 Å². The van der Waals surface area contributed by atoms with Gasteiger partial charge in [0.2, 0.25) is 0 Å². The third-order valence-electron chi connectivity index (χ3n) is 2.30. The van der Waals surface area contributed by atoms with Gasteiger partial charge < -0.3 is 5.32 Å². The van der Waals surface area contributed by atoms with Gasteiger partial charge in [-0.05, 0) is 18.2 Å². The number of anilines is 1. The van der Waals surface area contributed by atoms with Gasteiger partial charge in [0.1, 0.15) is 11.6 Å². The number of hydrogen-bond donors (Lipinski definition) is 1. The smallest absolute Gasteiger partial charge is 0.145 e. The summed E-state index contributed by atoms with van der Waals surface area (Å²) in [6.07, 6.45) is 0. The quantitative estimate of drug-likeness (QED) is 0.883. The second-order valence-electron chi connectivity index (χ2n) is 3.38. The van der Waals surface area contributed by atoms with Crippen molar-refractivity contribution in [1.29, 1.82) is 0 Å². The summed E-state index contributed by atoms with van der Waals surface area (Å²) in [7, 11) is 1.69. The zero-order valence-electron chi connectivity index (χ0n) is 8.97. The van der Waals surface area contributed by atoms with E-state index in [4.69, 9.17) is 23.2 Å². The van der Waals surface area contributed by atoms with Gasteiger partial charge in [-0.2, -0.15) is 0 Å². The molecule has 1 N–H and O–H groups in total. The molecule has 2 rings (SSSR count). The van der Waals surface area contributed by atoms with Crippen LogP contribution >= 0.6 is 23.2 Å². The number of nitrogens with zero attached hydrogens (tertiary/aromatic N) is 1. The van der Waals surface area contributed by atoms with E-state index in [-0.39, 0.29) is 5.82 Å². The zero-order chi connectivity index (χ0) is 12.4. The molecule has 0 radical (unpaired) electrons. The summed E-state index contributed by atoms with van der Waals surface area (Å²) in [5.74, 6) is 0.0978. The third-order valence-corrected chi connectivity index (χ3v) is 2.87. The SMILES string of the molecule is CNc1nc(-c2ccccc2F)c(Cl)cc1Cl. The minimum Gasteiger partial charge on any atom is -0.372 e. The number of nitrogens with one attached hydrogen (secondary N) is 1. The molecule has 88 valence electrons.